The second-order valence-electron chi connectivity index (χ2n) is 5.18. The predicted molar refractivity (Wildman–Crippen MR) is 82.5 cm³/mol. The van der Waals surface area contributed by atoms with Crippen molar-refractivity contribution in [1.29, 1.82) is 0 Å². The number of hydrogen-bond acceptors (Lipinski definition) is 3. The van der Waals surface area contributed by atoms with Gasteiger partial charge in [-0.3, -0.25) is 4.68 Å². The van der Waals surface area contributed by atoms with Crippen molar-refractivity contribution in [3.05, 3.63) is 47.3 Å². The Kier molecular flexibility index (Phi) is 4.49. The zero-order valence-corrected chi connectivity index (χ0v) is 13.6. The van der Waals surface area contributed by atoms with E-state index in [1.165, 1.54) is 0 Å². The van der Waals surface area contributed by atoms with E-state index in [0.29, 0.717) is 0 Å². The average Bonchev–Trinajstić information content (AvgIpc) is 2.77. The molecular weight excluding hydrogens is 286 g/mol. The minimum atomic E-state index is -3.53. The van der Waals surface area contributed by atoms with E-state index in [1.807, 2.05) is 46.1 Å². The maximum absolute atomic E-state index is 12.4. The highest BCUT2D eigenvalue weighted by molar-refractivity contribution is 7.89. The van der Waals surface area contributed by atoms with E-state index in [1.54, 1.807) is 16.8 Å². The Hall–Kier alpha value is -1.66. The van der Waals surface area contributed by atoms with Crippen LogP contribution in [0.1, 0.15) is 36.7 Å². The van der Waals surface area contributed by atoms with Crippen molar-refractivity contribution >= 4 is 10.0 Å². The summed E-state index contributed by atoms with van der Waals surface area (Å²) in [5, 5.41) is 4.24. The fourth-order valence-corrected chi connectivity index (χ4v) is 3.53. The third kappa shape index (κ3) is 3.51. The molecule has 0 saturated heterocycles. The molecule has 0 fully saturated rings. The highest BCUT2D eigenvalue weighted by atomic mass is 32.2. The molecule has 0 aliphatic heterocycles. The number of aromatic nitrogens is 2. The SMILES string of the molecule is CCc1ccc(S(=O)(=O)NC(C)c2cn(C)nc2C)cc1. The van der Waals surface area contributed by atoms with Crippen molar-refractivity contribution in [3.8, 4) is 0 Å². The quantitative estimate of drug-likeness (QED) is 0.922. The summed E-state index contributed by atoms with van der Waals surface area (Å²) in [6.07, 6.45) is 2.72. The van der Waals surface area contributed by atoms with Gasteiger partial charge in [0.25, 0.3) is 0 Å². The molecule has 1 heterocycles. The van der Waals surface area contributed by atoms with Crippen LogP contribution in [0.5, 0.6) is 0 Å². The summed E-state index contributed by atoms with van der Waals surface area (Å²) in [6, 6.07) is 6.64. The first-order valence-corrected chi connectivity index (χ1v) is 8.43. The molecule has 0 aliphatic rings. The minimum absolute atomic E-state index is 0.285. The molecule has 0 spiro atoms. The monoisotopic (exact) mass is 307 g/mol. The topological polar surface area (TPSA) is 64.0 Å². The zero-order valence-electron chi connectivity index (χ0n) is 12.8. The van der Waals surface area contributed by atoms with Crippen LogP contribution in [0.2, 0.25) is 0 Å². The van der Waals surface area contributed by atoms with Crippen LogP contribution >= 0.6 is 0 Å². The molecule has 0 bridgehead atoms. The first-order chi connectivity index (χ1) is 9.83. The normalized spacial score (nSPS) is 13.3. The summed E-state index contributed by atoms with van der Waals surface area (Å²) in [5.74, 6) is 0. The standard InChI is InChI=1S/C15H21N3O2S/c1-5-13-6-8-14(9-7-13)21(19,20)17-12(3)15-10-18(4)16-11(15)2/h6-10,12,17H,5H2,1-4H3. The minimum Gasteiger partial charge on any atom is -0.275 e. The smallest absolute Gasteiger partial charge is 0.241 e. The molecule has 1 N–H and O–H groups in total. The van der Waals surface area contributed by atoms with Crippen LogP contribution in [0.15, 0.2) is 35.4 Å². The van der Waals surface area contributed by atoms with Crippen molar-refractivity contribution < 1.29 is 8.42 Å². The molecule has 114 valence electrons. The molecule has 5 nitrogen and oxygen atoms in total. The summed E-state index contributed by atoms with van der Waals surface area (Å²) in [4.78, 5) is 0.285. The molecule has 1 aromatic carbocycles. The Morgan fingerprint density at radius 3 is 2.38 bits per heavy atom. The van der Waals surface area contributed by atoms with Gasteiger partial charge in [0.2, 0.25) is 10.0 Å². The average molecular weight is 307 g/mol. The second-order valence-corrected chi connectivity index (χ2v) is 6.90. The largest absolute Gasteiger partial charge is 0.275 e. The molecule has 0 aliphatic carbocycles. The van der Waals surface area contributed by atoms with Crippen molar-refractivity contribution in [3.63, 3.8) is 0 Å². The fraction of sp³-hybridized carbons (Fsp3) is 0.400. The number of nitrogens with zero attached hydrogens (tertiary/aromatic N) is 2. The van der Waals surface area contributed by atoms with Crippen LogP contribution < -0.4 is 4.72 Å². The summed E-state index contributed by atoms with van der Waals surface area (Å²) < 4.78 is 29.2. The Balaban J connectivity index is 2.22. The maximum Gasteiger partial charge on any atom is 0.241 e. The lowest BCUT2D eigenvalue weighted by Crippen LogP contribution is -2.27. The van der Waals surface area contributed by atoms with Crippen LogP contribution in [0.25, 0.3) is 0 Å². The Morgan fingerprint density at radius 1 is 1.29 bits per heavy atom. The van der Waals surface area contributed by atoms with Gasteiger partial charge in [-0.2, -0.15) is 5.10 Å². The molecule has 2 rings (SSSR count). The molecule has 1 atom stereocenters. The van der Waals surface area contributed by atoms with Gasteiger partial charge in [0.15, 0.2) is 0 Å². The second kappa shape index (κ2) is 5.99. The van der Waals surface area contributed by atoms with Crippen LogP contribution in [-0.2, 0) is 23.5 Å². The number of benzene rings is 1. The Labute approximate surface area is 126 Å². The molecule has 6 heteroatoms. The van der Waals surface area contributed by atoms with E-state index in [9.17, 15) is 8.42 Å². The summed E-state index contributed by atoms with van der Waals surface area (Å²) >= 11 is 0. The van der Waals surface area contributed by atoms with Gasteiger partial charge in [0.1, 0.15) is 0 Å². The molecule has 1 aromatic heterocycles. The summed E-state index contributed by atoms with van der Waals surface area (Å²) in [7, 11) is -1.71. The van der Waals surface area contributed by atoms with Crippen LogP contribution in [0.3, 0.4) is 0 Å². The van der Waals surface area contributed by atoms with E-state index >= 15 is 0 Å². The highest BCUT2D eigenvalue weighted by Crippen LogP contribution is 2.19. The molecule has 0 saturated carbocycles. The van der Waals surface area contributed by atoms with E-state index in [-0.39, 0.29) is 10.9 Å². The van der Waals surface area contributed by atoms with Crippen LogP contribution in [0, 0.1) is 6.92 Å². The fourth-order valence-electron chi connectivity index (χ4n) is 2.31. The van der Waals surface area contributed by atoms with E-state index in [0.717, 1.165) is 23.2 Å². The number of sulfonamides is 1. The van der Waals surface area contributed by atoms with Gasteiger partial charge < -0.3 is 0 Å². The van der Waals surface area contributed by atoms with Gasteiger partial charge in [-0.05, 0) is 38.0 Å². The van der Waals surface area contributed by atoms with Crippen LogP contribution in [0.4, 0.5) is 0 Å². The first kappa shape index (κ1) is 15.7. The number of nitrogens with one attached hydrogen (secondary N) is 1. The van der Waals surface area contributed by atoms with Crippen molar-refractivity contribution in [2.24, 2.45) is 7.05 Å². The first-order valence-electron chi connectivity index (χ1n) is 6.95. The van der Waals surface area contributed by atoms with E-state index in [2.05, 4.69) is 9.82 Å². The van der Waals surface area contributed by atoms with Gasteiger partial charge >= 0.3 is 0 Å². The van der Waals surface area contributed by atoms with Gasteiger partial charge in [-0.1, -0.05) is 19.1 Å². The van der Waals surface area contributed by atoms with Gasteiger partial charge in [-0.25, -0.2) is 13.1 Å². The third-order valence-electron chi connectivity index (χ3n) is 3.49. The highest BCUT2D eigenvalue weighted by Gasteiger charge is 2.20. The molecule has 1 unspecified atom stereocenters. The van der Waals surface area contributed by atoms with E-state index < -0.39 is 10.0 Å². The summed E-state index contributed by atoms with van der Waals surface area (Å²) in [6.45, 7) is 5.73. The molecule has 21 heavy (non-hydrogen) atoms. The number of hydrogen-bond donors (Lipinski definition) is 1. The van der Waals surface area contributed by atoms with Crippen molar-refractivity contribution in [1.82, 2.24) is 14.5 Å². The number of rotatable bonds is 5. The molecule has 0 amide bonds. The van der Waals surface area contributed by atoms with Gasteiger partial charge in [0, 0.05) is 24.8 Å². The lowest BCUT2D eigenvalue weighted by Gasteiger charge is -2.14. The van der Waals surface area contributed by atoms with Gasteiger partial charge in [-0.15, -0.1) is 0 Å². The van der Waals surface area contributed by atoms with Crippen molar-refractivity contribution in [2.75, 3.05) is 0 Å². The van der Waals surface area contributed by atoms with Gasteiger partial charge in [0.05, 0.1) is 10.6 Å². The van der Waals surface area contributed by atoms with Crippen molar-refractivity contribution in [2.45, 2.75) is 38.1 Å². The molecule has 0 radical (unpaired) electrons. The number of aryl methyl sites for hydroxylation is 3. The summed E-state index contributed by atoms with van der Waals surface area (Å²) in [5.41, 5.74) is 2.82. The predicted octanol–water partition coefficient (Wildman–Crippen LogP) is 2.33. The molecule has 2 aromatic rings. The van der Waals surface area contributed by atoms with Crippen LogP contribution in [-0.4, -0.2) is 18.2 Å². The Bertz CT molecular complexity index is 718. The zero-order chi connectivity index (χ0) is 15.6. The maximum atomic E-state index is 12.4. The lowest BCUT2D eigenvalue weighted by molar-refractivity contribution is 0.566. The lowest BCUT2D eigenvalue weighted by atomic mass is 10.1. The third-order valence-corrected chi connectivity index (χ3v) is 5.05. The Morgan fingerprint density at radius 2 is 1.90 bits per heavy atom. The molecular formula is C15H21N3O2S. The van der Waals surface area contributed by atoms with E-state index in [4.69, 9.17) is 0 Å².